The summed E-state index contributed by atoms with van der Waals surface area (Å²) in [6.07, 6.45) is -0.124. The highest BCUT2D eigenvalue weighted by Crippen LogP contribution is 2.23. The zero-order valence-electron chi connectivity index (χ0n) is 18.7. The molecule has 0 aliphatic carbocycles. The monoisotopic (exact) mass is 493 g/mol. The van der Waals surface area contributed by atoms with Gasteiger partial charge in [0, 0.05) is 32.9 Å². The smallest absolute Gasteiger partial charge is 0.309 e. The van der Waals surface area contributed by atoms with Gasteiger partial charge in [-0.15, -0.1) is 11.3 Å². The summed E-state index contributed by atoms with van der Waals surface area (Å²) < 4.78 is 31.0. The number of carbonyl (C=O) groups is 3. The van der Waals surface area contributed by atoms with Crippen molar-refractivity contribution in [2.24, 2.45) is 5.92 Å². The molecule has 0 radical (unpaired) electrons. The second-order valence-corrected chi connectivity index (χ2v) is 11.0. The summed E-state index contributed by atoms with van der Waals surface area (Å²) in [6.45, 7) is 2.36. The van der Waals surface area contributed by atoms with Crippen molar-refractivity contribution in [3.05, 3.63) is 46.7 Å². The number of rotatable bonds is 7. The van der Waals surface area contributed by atoms with Crippen LogP contribution in [0.4, 0.5) is 5.69 Å². The fourth-order valence-corrected chi connectivity index (χ4v) is 5.03. The molecule has 1 fully saturated rings. The minimum absolute atomic E-state index is 0.0388. The first-order valence-corrected chi connectivity index (χ1v) is 12.8. The van der Waals surface area contributed by atoms with Crippen molar-refractivity contribution in [1.29, 1.82) is 0 Å². The molecule has 1 atom stereocenters. The van der Waals surface area contributed by atoms with Crippen LogP contribution in [0.3, 0.4) is 0 Å². The lowest BCUT2D eigenvalue weighted by Crippen LogP contribution is -2.41. The van der Waals surface area contributed by atoms with Crippen LogP contribution in [0.15, 0.2) is 46.7 Å². The molecule has 1 aliphatic heterocycles. The Balaban J connectivity index is 1.52. The van der Waals surface area contributed by atoms with Gasteiger partial charge in [-0.1, -0.05) is 12.1 Å². The Labute approximate surface area is 197 Å². The number of nitrogens with zero attached hydrogens (tertiary/aromatic N) is 2. The number of benzene rings is 1. The Hall–Kier alpha value is -2.76. The summed E-state index contributed by atoms with van der Waals surface area (Å²) in [5, 5.41) is 4.44. The topological polar surface area (TPSA) is 113 Å². The van der Waals surface area contributed by atoms with Gasteiger partial charge in [0.25, 0.3) is 11.8 Å². The van der Waals surface area contributed by atoms with Gasteiger partial charge in [0.1, 0.15) is 0 Å². The third-order valence-electron chi connectivity index (χ3n) is 5.39. The maximum atomic E-state index is 12.5. The molecule has 0 bridgehead atoms. The normalized spacial score (nSPS) is 15.8. The van der Waals surface area contributed by atoms with Crippen LogP contribution in [0, 0.1) is 5.92 Å². The van der Waals surface area contributed by atoms with E-state index in [-0.39, 0.29) is 22.4 Å². The average molecular weight is 494 g/mol. The first-order valence-electron chi connectivity index (χ1n) is 10.5. The van der Waals surface area contributed by atoms with Crippen LogP contribution in [-0.2, 0) is 24.3 Å². The molecule has 0 unspecified atom stereocenters. The summed E-state index contributed by atoms with van der Waals surface area (Å²) in [5.74, 6) is -1.47. The van der Waals surface area contributed by atoms with E-state index in [0.29, 0.717) is 30.8 Å². The number of ether oxygens (including phenoxy) is 1. The highest BCUT2D eigenvalue weighted by atomic mass is 32.2. The third kappa shape index (κ3) is 5.98. The number of piperidine rings is 1. The summed E-state index contributed by atoms with van der Waals surface area (Å²) in [4.78, 5) is 39.9. The highest BCUT2D eigenvalue weighted by molar-refractivity contribution is 7.89. The molecule has 9 nitrogen and oxygen atoms in total. The molecule has 1 aromatic carbocycles. The minimum atomic E-state index is -3.64. The van der Waals surface area contributed by atoms with Crippen molar-refractivity contribution < 1.29 is 27.5 Å². The molecule has 0 spiro atoms. The zero-order valence-corrected chi connectivity index (χ0v) is 20.3. The molecule has 1 saturated heterocycles. The van der Waals surface area contributed by atoms with Crippen molar-refractivity contribution in [3.8, 4) is 0 Å². The van der Waals surface area contributed by atoms with Gasteiger partial charge in [0.05, 0.1) is 15.7 Å². The van der Waals surface area contributed by atoms with Crippen LogP contribution in [0.2, 0.25) is 0 Å². The fourth-order valence-electron chi connectivity index (χ4n) is 3.39. The SMILES string of the molecule is C[C@H](OC(=O)C1CCN(C(=O)c2cccs2)CC1)C(=O)Nc1cccc(S(=O)(=O)N(C)C)c1. The van der Waals surface area contributed by atoms with Crippen LogP contribution < -0.4 is 5.32 Å². The van der Waals surface area contributed by atoms with E-state index in [2.05, 4.69) is 5.32 Å². The van der Waals surface area contributed by atoms with Crippen LogP contribution in [-0.4, -0.2) is 68.7 Å². The number of amides is 2. The standard InChI is InChI=1S/C22H27N3O6S2/c1-15(20(26)23-17-6-4-7-18(14-17)33(29,30)24(2)3)31-22(28)16-9-11-25(12-10-16)21(27)19-8-5-13-32-19/h4-8,13-16H,9-12H2,1-3H3,(H,23,26)/t15-/m0/s1. The number of carbonyl (C=O) groups excluding carboxylic acids is 3. The Morgan fingerprint density at radius 1 is 1.15 bits per heavy atom. The molecular weight excluding hydrogens is 466 g/mol. The summed E-state index contributed by atoms with van der Waals surface area (Å²) >= 11 is 1.38. The lowest BCUT2D eigenvalue weighted by molar-refractivity contribution is -0.158. The number of nitrogens with one attached hydrogen (secondary N) is 1. The molecule has 2 heterocycles. The van der Waals surface area contributed by atoms with E-state index >= 15 is 0 Å². The zero-order chi connectivity index (χ0) is 24.2. The van der Waals surface area contributed by atoms with Gasteiger partial charge >= 0.3 is 5.97 Å². The molecule has 178 valence electrons. The number of sulfonamides is 1. The lowest BCUT2D eigenvalue weighted by atomic mass is 9.97. The second-order valence-electron chi connectivity index (χ2n) is 7.93. The van der Waals surface area contributed by atoms with E-state index in [0.717, 1.165) is 4.31 Å². The predicted octanol–water partition coefficient (Wildman–Crippen LogP) is 2.42. The van der Waals surface area contributed by atoms with E-state index < -0.39 is 28.0 Å². The average Bonchev–Trinajstić information content (AvgIpc) is 3.33. The number of hydrogen-bond donors (Lipinski definition) is 1. The third-order valence-corrected chi connectivity index (χ3v) is 8.06. The molecule has 0 saturated carbocycles. The van der Waals surface area contributed by atoms with Gasteiger partial charge in [-0.05, 0) is 49.4 Å². The van der Waals surface area contributed by atoms with E-state index in [1.165, 1.54) is 50.6 Å². The number of esters is 1. The number of hydrogen-bond acceptors (Lipinski definition) is 7. The molecule has 33 heavy (non-hydrogen) atoms. The highest BCUT2D eigenvalue weighted by Gasteiger charge is 2.31. The van der Waals surface area contributed by atoms with Crippen LogP contribution >= 0.6 is 11.3 Å². The van der Waals surface area contributed by atoms with Crippen LogP contribution in [0.25, 0.3) is 0 Å². The molecular formula is C22H27N3O6S2. The summed E-state index contributed by atoms with van der Waals surface area (Å²) in [6, 6.07) is 9.46. The van der Waals surface area contributed by atoms with E-state index in [1.54, 1.807) is 17.0 Å². The molecule has 1 N–H and O–H groups in total. The second kappa shape index (κ2) is 10.4. The predicted molar refractivity (Wildman–Crippen MR) is 124 cm³/mol. The lowest BCUT2D eigenvalue weighted by Gasteiger charge is -2.31. The fraction of sp³-hybridized carbons (Fsp3) is 0.409. The van der Waals surface area contributed by atoms with Crippen molar-refractivity contribution in [3.63, 3.8) is 0 Å². The largest absolute Gasteiger partial charge is 0.452 e. The Bertz CT molecular complexity index is 1110. The summed E-state index contributed by atoms with van der Waals surface area (Å²) in [5.41, 5.74) is 0.284. The Morgan fingerprint density at radius 3 is 2.45 bits per heavy atom. The van der Waals surface area contributed by atoms with Gasteiger partial charge in [0.15, 0.2) is 6.10 Å². The van der Waals surface area contributed by atoms with Gasteiger partial charge in [-0.2, -0.15) is 0 Å². The van der Waals surface area contributed by atoms with Crippen molar-refractivity contribution in [1.82, 2.24) is 9.21 Å². The molecule has 1 aliphatic rings. The quantitative estimate of drug-likeness (QED) is 0.593. The van der Waals surface area contributed by atoms with Gasteiger partial charge in [-0.25, -0.2) is 12.7 Å². The van der Waals surface area contributed by atoms with Crippen molar-refractivity contribution in [2.75, 3.05) is 32.5 Å². The van der Waals surface area contributed by atoms with Gasteiger partial charge < -0.3 is 15.0 Å². The number of anilines is 1. The molecule has 1 aromatic heterocycles. The Morgan fingerprint density at radius 2 is 1.85 bits per heavy atom. The van der Waals surface area contributed by atoms with Crippen LogP contribution in [0.5, 0.6) is 0 Å². The maximum absolute atomic E-state index is 12.5. The Kier molecular flexibility index (Phi) is 7.88. The van der Waals surface area contributed by atoms with Crippen molar-refractivity contribution in [2.45, 2.75) is 30.8 Å². The summed E-state index contributed by atoms with van der Waals surface area (Å²) in [7, 11) is -0.802. The van der Waals surface area contributed by atoms with E-state index in [4.69, 9.17) is 4.74 Å². The minimum Gasteiger partial charge on any atom is -0.452 e. The molecule has 11 heteroatoms. The first-order chi connectivity index (χ1) is 15.6. The molecule has 3 rings (SSSR count). The van der Waals surface area contributed by atoms with Crippen LogP contribution in [0.1, 0.15) is 29.4 Å². The van der Waals surface area contributed by atoms with Gasteiger partial charge in [-0.3, -0.25) is 14.4 Å². The molecule has 2 amide bonds. The number of thiophene rings is 1. The van der Waals surface area contributed by atoms with Crippen molar-refractivity contribution >= 4 is 44.8 Å². The van der Waals surface area contributed by atoms with E-state index in [9.17, 15) is 22.8 Å². The molecule has 2 aromatic rings. The maximum Gasteiger partial charge on any atom is 0.309 e. The first kappa shape index (κ1) is 24.9. The van der Waals surface area contributed by atoms with Gasteiger partial charge in [0.2, 0.25) is 10.0 Å². The van der Waals surface area contributed by atoms with E-state index in [1.807, 2.05) is 11.4 Å². The number of likely N-dealkylation sites (tertiary alicyclic amines) is 1.